The maximum atomic E-state index is 13.7. The van der Waals surface area contributed by atoms with Gasteiger partial charge in [0.15, 0.2) is 0 Å². The van der Waals surface area contributed by atoms with E-state index in [0.29, 0.717) is 27.4 Å². The second-order valence-corrected chi connectivity index (χ2v) is 9.78. The number of hydrogen-bond acceptors (Lipinski definition) is 5. The third-order valence-corrected chi connectivity index (χ3v) is 5.57. The molecule has 0 radical (unpaired) electrons. The number of nitrogens with one attached hydrogen (secondary N) is 2. The zero-order chi connectivity index (χ0) is 27.9. The summed E-state index contributed by atoms with van der Waals surface area (Å²) in [5.41, 5.74) is 6.31. The molecule has 2 aromatic carbocycles. The van der Waals surface area contributed by atoms with Gasteiger partial charge in [0, 0.05) is 12.6 Å². The minimum Gasteiger partial charge on any atom is -0.444 e. The number of nitrogens with zero attached hydrogens (tertiary/aromatic N) is 1. The minimum absolute atomic E-state index is 0.310. The number of amides is 4. The monoisotopic (exact) mass is 526 g/mol. The number of carbonyl (C=O) groups is 4. The summed E-state index contributed by atoms with van der Waals surface area (Å²) in [6.45, 7) is 6.72. The van der Waals surface area contributed by atoms with E-state index in [4.69, 9.17) is 28.5 Å². The highest BCUT2D eigenvalue weighted by Gasteiger charge is 2.36. The number of nitrogens with two attached hydrogens (primary N) is 1. The molecule has 2 rings (SSSR count). The fourth-order valence-corrected chi connectivity index (χ4v) is 3.87. The molecule has 4 N–H and O–H groups in total. The summed E-state index contributed by atoms with van der Waals surface area (Å²) in [5, 5.41) is 5.47. The van der Waals surface area contributed by atoms with Crippen LogP contribution in [0.15, 0.2) is 42.5 Å². The summed E-state index contributed by atoms with van der Waals surface area (Å²) >= 11 is 6.30. The molecule has 0 aliphatic heterocycles. The van der Waals surface area contributed by atoms with Gasteiger partial charge >= 0.3 is 6.09 Å². The van der Waals surface area contributed by atoms with Gasteiger partial charge in [-0.1, -0.05) is 47.9 Å². The van der Waals surface area contributed by atoms with Crippen molar-refractivity contribution in [2.45, 2.75) is 51.8 Å². The average Bonchev–Trinajstić information content (AvgIpc) is 2.79. The van der Waals surface area contributed by atoms with Crippen molar-refractivity contribution in [3.8, 4) is 12.3 Å². The fourth-order valence-electron chi connectivity index (χ4n) is 3.60. The molecule has 0 saturated heterocycles. The number of likely N-dealkylation sites (N-methyl/N-ethyl adjacent to an activating group) is 1. The maximum Gasteiger partial charge on any atom is 0.408 e. The van der Waals surface area contributed by atoms with E-state index in [1.54, 1.807) is 70.2 Å². The highest BCUT2D eigenvalue weighted by Crippen LogP contribution is 2.30. The standard InChI is InChI=1S/C27H31ClN4O5/c1-7-17-12-8-9-13-18(17)23(24(34)31-22-16(2)11-10-14-19(22)28)32(6)25(35)20(15-21(29)33)30-26(36)37-27(3,4)5/h1,8-14,20,23H,15H2,2-6H3,(H2,29,33)(H,30,36)(H,31,34). The molecule has 9 nitrogen and oxygen atoms in total. The molecule has 2 aromatic rings. The zero-order valence-electron chi connectivity index (χ0n) is 21.4. The van der Waals surface area contributed by atoms with Crippen LogP contribution in [0.2, 0.25) is 5.02 Å². The number of alkyl carbamates (subject to hydrolysis) is 1. The van der Waals surface area contributed by atoms with E-state index < -0.39 is 47.9 Å². The molecule has 0 bridgehead atoms. The van der Waals surface area contributed by atoms with Crippen LogP contribution in [0.25, 0.3) is 0 Å². The number of primary amides is 1. The summed E-state index contributed by atoms with van der Waals surface area (Å²) in [5.74, 6) is 0.326. The fraction of sp³-hybridized carbons (Fsp3) is 0.333. The molecule has 196 valence electrons. The molecule has 0 spiro atoms. The second kappa shape index (κ2) is 12.3. The van der Waals surface area contributed by atoms with E-state index in [1.807, 2.05) is 0 Å². The van der Waals surface area contributed by atoms with Gasteiger partial charge in [0.05, 0.1) is 17.1 Å². The average molecular weight is 527 g/mol. The summed E-state index contributed by atoms with van der Waals surface area (Å²) < 4.78 is 5.22. The molecule has 10 heteroatoms. The molecule has 0 saturated carbocycles. The molecule has 0 aromatic heterocycles. The van der Waals surface area contributed by atoms with Gasteiger partial charge in [-0.25, -0.2) is 4.79 Å². The third kappa shape index (κ3) is 7.98. The van der Waals surface area contributed by atoms with Gasteiger partial charge in [-0.3, -0.25) is 14.4 Å². The Morgan fingerprint density at radius 1 is 1.14 bits per heavy atom. The van der Waals surface area contributed by atoms with Crippen molar-refractivity contribution < 1.29 is 23.9 Å². The van der Waals surface area contributed by atoms with Crippen LogP contribution in [0.1, 0.15) is 49.9 Å². The van der Waals surface area contributed by atoms with Gasteiger partial charge in [0.1, 0.15) is 17.7 Å². The van der Waals surface area contributed by atoms with Crippen LogP contribution in [0, 0.1) is 19.3 Å². The summed E-state index contributed by atoms with van der Waals surface area (Å²) in [4.78, 5) is 52.4. The highest BCUT2D eigenvalue weighted by atomic mass is 35.5. The lowest BCUT2D eigenvalue weighted by molar-refractivity contribution is -0.140. The number of aryl methyl sites for hydroxylation is 1. The summed E-state index contributed by atoms with van der Waals surface area (Å²) in [6, 6.07) is 9.12. The van der Waals surface area contributed by atoms with Crippen molar-refractivity contribution in [1.82, 2.24) is 10.2 Å². The van der Waals surface area contributed by atoms with E-state index in [9.17, 15) is 19.2 Å². The Morgan fingerprint density at radius 3 is 2.35 bits per heavy atom. The van der Waals surface area contributed by atoms with Gasteiger partial charge in [-0.2, -0.15) is 0 Å². The first-order chi connectivity index (χ1) is 17.2. The maximum absolute atomic E-state index is 13.7. The lowest BCUT2D eigenvalue weighted by Crippen LogP contribution is -2.52. The lowest BCUT2D eigenvalue weighted by Gasteiger charge is -2.32. The predicted molar refractivity (Wildman–Crippen MR) is 142 cm³/mol. The molecule has 4 amide bonds. The van der Waals surface area contributed by atoms with Crippen LogP contribution in [-0.4, -0.2) is 47.4 Å². The third-order valence-electron chi connectivity index (χ3n) is 5.26. The summed E-state index contributed by atoms with van der Waals surface area (Å²) in [7, 11) is 1.37. The van der Waals surface area contributed by atoms with Crippen molar-refractivity contribution >= 4 is 41.1 Å². The number of rotatable bonds is 8. The van der Waals surface area contributed by atoms with Crippen molar-refractivity contribution in [1.29, 1.82) is 0 Å². The highest BCUT2D eigenvalue weighted by molar-refractivity contribution is 6.34. The molecule has 0 heterocycles. The van der Waals surface area contributed by atoms with Gasteiger partial charge in [0.25, 0.3) is 5.91 Å². The largest absolute Gasteiger partial charge is 0.444 e. The van der Waals surface area contributed by atoms with Crippen LogP contribution in [-0.2, 0) is 19.1 Å². The molecular formula is C27H31ClN4O5. The quantitative estimate of drug-likeness (QED) is 0.453. The number of terminal acetylenes is 1. The number of para-hydroxylation sites is 1. The van der Waals surface area contributed by atoms with Crippen LogP contribution in [0.4, 0.5) is 10.5 Å². The Morgan fingerprint density at radius 2 is 1.78 bits per heavy atom. The number of ether oxygens (including phenoxy) is 1. The Bertz CT molecular complexity index is 1210. The predicted octanol–water partition coefficient (Wildman–Crippen LogP) is 3.54. The topological polar surface area (TPSA) is 131 Å². The lowest BCUT2D eigenvalue weighted by atomic mass is 9.97. The Labute approximate surface area is 221 Å². The Kier molecular flexibility index (Phi) is 9.69. The number of carbonyl (C=O) groups excluding carboxylic acids is 4. The van der Waals surface area contributed by atoms with E-state index >= 15 is 0 Å². The zero-order valence-corrected chi connectivity index (χ0v) is 22.2. The molecule has 0 aliphatic rings. The van der Waals surface area contributed by atoms with Crippen LogP contribution >= 0.6 is 11.6 Å². The second-order valence-electron chi connectivity index (χ2n) is 9.37. The van der Waals surface area contributed by atoms with Crippen molar-refractivity contribution in [3.05, 3.63) is 64.2 Å². The van der Waals surface area contributed by atoms with Gasteiger partial charge < -0.3 is 26.0 Å². The van der Waals surface area contributed by atoms with E-state index in [2.05, 4.69) is 16.6 Å². The van der Waals surface area contributed by atoms with Crippen LogP contribution < -0.4 is 16.4 Å². The molecule has 0 fully saturated rings. The summed E-state index contributed by atoms with van der Waals surface area (Å²) in [6.07, 6.45) is 4.24. The molecular weight excluding hydrogens is 496 g/mol. The van der Waals surface area contributed by atoms with Crippen LogP contribution in [0.5, 0.6) is 0 Å². The Balaban J connectivity index is 2.50. The van der Waals surface area contributed by atoms with Crippen molar-refractivity contribution in [2.24, 2.45) is 5.73 Å². The van der Waals surface area contributed by atoms with E-state index in [-0.39, 0.29) is 0 Å². The van der Waals surface area contributed by atoms with Gasteiger partial charge in [0.2, 0.25) is 11.8 Å². The van der Waals surface area contributed by atoms with Gasteiger partial charge in [-0.15, -0.1) is 6.42 Å². The first kappa shape index (κ1) is 29.2. The number of benzene rings is 2. The number of hydrogen-bond donors (Lipinski definition) is 3. The molecule has 2 unspecified atom stereocenters. The SMILES string of the molecule is C#Cc1ccccc1C(C(=O)Nc1c(C)cccc1Cl)N(C)C(=O)C(CC(N)=O)NC(=O)OC(C)(C)C. The van der Waals surface area contributed by atoms with Crippen LogP contribution in [0.3, 0.4) is 0 Å². The van der Waals surface area contributed by atoms with Gasteiger partial charge in [-0.05, 0) is 51.0 Å². The first-order valence-corrected chi connectivity index (χ1v) is 11.8. The Hall–Kier alpha value is -4.03. The molecule has 37 heavy (non-hydrogen) atoms. The smallest absolute Gasteiger partial charge is 0.408 e. The normalized spacial score (nSPS) is 12.5. The first-order valence-electron chi connectivity index (χ1n) is 11.4. The van der Waals surface area contributed by atoms with Crippen molar-refractivity contribution in [3.63, 3.8) is 0 Å². The molecule has 0 aliphatic carbocycles. The number of halogens is 1. The van der Waals surface area contributed by atoms with Crippen molar-refractivity contribution in [2.75, 3.05) is 12.4 Å². The van der Waals surface area contributed by atoms with E-state index in [1.165, 1.54) is 7.05 Å². The molecule has 2 atom stereocenters. The number of anilines is 1. The minimum atomic E-state index is -1.40. The van der Waals surface area contributed by atoms with E-state index in [0.717, 1.165) is 4.90 Å².